The number of aryl methyl sites for hydroxylation is 1. The molecule has 1 aliphatic heterocycles. The lowest BCUT2D eigenvalue weighted by Gasteiger charge is -2.33. The molecule has 1 aromatic carbocycles. The summed E-state index contributed by atoms with van der Waals surface area (Å²) in [5.41, 5.74) is -1.08. The number of anilines is 1. The molecule has 2 heterocycles. The number of hydroxylamine groups is 2. The van der Waals surface area contributed by atoms with Crippen LogP contribution in [0.2, 0.25) is 0 Å². The Kier molecular flexibility index (Phi) is 6.17. The van der Waals surface area contributed by atoms with Gasteiger partial charge < -0.3 is 19.8 Å². The minimum atomic E-state index is -1.68. The van der Waals surface area contributed by atoms with Crippen LogP contribution in [-0.2, 0) is 6.54 Å². The summed E-state index contributed by atoms with van der Waals surface area (Å²) in [5.74, 6) is -2.93. The van der Waals surface area contributed by atoms with E-state index < -0.39 is 36.1 Å². The SMILES string of the molecule is Cl.O=C(O)c1c(F)n(CCF)c2cc(N3CCN(O)CC3)ccc2c1=O. The minimum Gasteiger partial charge on any atom is -0.477 e. The van der Waals surface area contributed by atoms with Crippen LogP contribution in [0.3, 0.4) is 0 Å². The lowest BCUT2D eigenvalue weighted by Crippen LogP contribution is -2.44. The minimum absolute atomic E-state index is 0. The van der Waals surface area contributed by atoms with Crippen LogP contribution in [0.4, 0.5) is 14.5 Å². The van der Waals surface area contributed by atoms with E-state index in [1.807, 2.05) is 4.90 Å². The molecule has 1 saturated heterocycles. The number of hydrogen-bond donors (Lipinski definition) is 2. The Morgan fingerprint density at radius 1 is 1.19 bits per heavy atom. The van der Waals surface area contributed by atoms with E-state index in [9.17, 15) is 23.6 Å². The Morgan fingerprint density at radius 3 is 2.42 bits per heavy atom. The summed E-state index contributed by atoms with van der Waals surface area (Å²) < 4.78 is 28.2. The second-order valence-corrected chi connectivity index (χ2v) is 5.78. The zero-order chi connectivity index (χ0) is 18.1. The molecule has 1 aromatic heterocycles. The van der Waals surface area contributed by atoms with E-state index >= 15 is 0 Å². The van der Waals surface area contributed by atoms with Crippen LogP contribution < -0.4 is 10.3 Å². The van der Waals surface area contributed by atoms with Crippen LogP contribution in [0.5, 0.6) is 0 Å². The number of halogens is 3. The number of carboxylic acids is 1. The Hall–Kier alpha value is -2.23. The number of aromatic nitrogens is 1. The van der Waals surface area contributed by atoms with E-state index in [0.717, 1.165) is 4.57 Å². The molecular weight excluding hydrogens is 372 g/mol. The Balaban J connectivity index is 0.00000243. The fourth-order valence-corrected chi connectivity index (χ4v) is 3.04. The average Bonchev–Trinajstić information content (AvgIpc) is 2.58. The van der Waals surface area contributed by atoms with E-state index in [0.29, 0.717) is 31.9 Å². The molecule has 1 fully saturated rings. The van der Waals surface area contributed by atoms with Gasteiger partial charge in [0.15, 0.2) is 5.56 Å². The van der Waals surface area contributed by atoms with Crippen LogP contribution in [-0.4, -0.2) is 58.8 Å². The molecule has 2 N–H and O–H groups in total. The number of pyridine rings is 1. The molecule has 1 aliphatic rings. The summed E-state index contributed by atoms with van der Waals surface area (Å²) in [7, 11) is 0. The maximum absolute atomic E-state index is 14.5. The molecule has 0 amide bonds. The second kappa shape index (κ2) is 7.98. The molecule has 3 rings (SSSR count). The largest absolute Gasteiger partial charge is 0.477 e. The zero-order valence-electron chi connectivity index (χ0n) is 13.7. The molecular formula is C16H18ClF2N3O4. The molecule has 142 valence electrons. The monoisotopic (exact) mass is 389 g/mol. The van der Waals surface area contributed by atoms with Crippen molar-refractivity contribution in [1.29, 1.82) is 0 Å². The molecule has 0 unspecified atom stereocenters. The summed E-state index contributed by atoms with van der Waals surface area (Å²) in [4.78, 5) is 25.4. The van der Waals surface area contributed by atoms with Crippen molar-refractivity contribution in [1.82, 2.24) is 9.63 Å². The summed E-state index contributed by atoms with van der Waals surface area (Å²) in [6.45, 7) is 0.636. The van der Waals surface area contributed by atoms with Gasteiger partial charge in [-0.2, -0.15) is 9.45 Å². The fraction of sp³-hybridized carbons (Fsp3) is 0.375. The molecule has 0 saturated carbocycles. The third-order valence-corrected chi connectivity index (χ3v) is 4.33. The number of hydrogen-bond acceptors (Lipinski definition) is 5. The molecule has 0 atom stereocenters. The van der Waals surface area contributed by atoms with Crippen LogP contribution >= 0.6 is 12.4 Å². The van der Waals surface area contributed by atoms with Gasteiger partial charge in [-0.1, -0.05) is 0 Å². The first kappa shape index (κ1) is 20.1. The van der Waals surface area contributed by atoms with E-state index in [2.05, 4.69) is 0 Å². The lowest BCUT2D eigenvalue weighted by molar-refractivity contribution is -0.0935. The average molecular weight is 390 g/mol. The summed E-state index contributed by atoms with van der Waals surface area (Å²) in [6.07, 6.45) is 0. The highest BCUT2D eigenvalue weighted by molar-refractivity contribution is 5.93. The first-order chi connectivity index (χ1) is 11.9. The number of carboxylic acid groups (broad SMARTS) is 1. The maximum atomic E-state index is 14.5. The lowest BCUT2D eigenvalue weighted by atomic mass is 10.1. The number of rotatable bonds is 4. The van der Waals surface area contributed by atoms with Crippen molar-refractivity contribution >= 4 is 35.0 Å². The van der Waals surface area contributed by atoms with Crippen molar-refractivity contribution in [3.63, 3.8) is 0 Å². The topological polar surface area (TPSA) is 86.0 Å². The number of piperazine rings is 1. The highest BCUT2D eigenvalue weighted by atomic mass is 35.5. The number of carbonyl (C=O) groups is 1. The van der Waals surface area contributed by atoms with Crippen LogP contribution in [0.1, 0.15) is 10.4 Å². The zero-order valence-corrected chi connectivity index (χ0v) is 14.5. The number of fused-ring (bicyclic) bond motifs is 1. The van der Waals surface area contributed by atoms with Crippen molar-refractivity contribution < 1.29 is 23.9 Å². The number of alkyl halides is 1. The number of aromatic carboxylic acids is 1. The first-order valence-electron chi connectivity index (χ1n) is 7.78. The van der Waals surface area contributed by atoms with E-state index in [4.69, 9.17) is 5.11 Å². The maximum Gasteiger partial charge on any atom is 0.344 e. The van der Waals surface area contributed by atoms with E-state index in [1.54, 1.807) is 12.1 Å². The normalized spacial score (nSPS) is 15.1. The standard InChI is InChI=1S/C16H17F2N3O4.ClH/c17-3-4-21-12-9-10(19-5-7-20(25)8-6-19)1-2-11(12)14(22)13(15(21)18)16(23)24;/h1-2,9,25H,3-8H2,(H,23,24);1H. The molecule has 0 bridgehead atoms. The third kappa shape index (κ3) is 3.50. The Morgan fingerprint density at radius 2 is 1.85 bits per heavy atom. The van der Waals surface area contributed by atoms with Gasteiger partial charge in [0.25, 0.3) is 0 Å². The highest BCUT2D eigenvalue weighted by Gasteiger charge is 2.23. The van der Waals surface area contributed by atoms with Crippen LogP contribution in [0, 0.1) is 5.95 Å². The second-order valence-electron chi connectivity index (χ2n) is 5.78. The molecule has 7 nitrogen and oxygen atoms in total. The van der Waals surface area contributed by atoms with Crippen LogP contribution in [0.25, 0.3) is 10.9 Å². The number of nitrogens with zero attached hydrogens (tertiary/aromatic N) is 3. The molecule has 0 aliphatic carbocycles. The summed E-state index contributed by atoms with van der Waals surface area (Å²) >= 11 is 0. The molecule has 0 radical (unpaired) electrons. The van der Waals surface area contributed by atoms with E-state index in [-0.39, 0.29) is 23.3 Å². The van der Waals surface area contributed by atoms with Gasteiger partial charge >= 0.3 is 5.97 Å². The molecule has 2 aromatic rings. The fourth-order valence-electron chi connectivity index (χ4n) is 3.04. The van der Waals surface area contributed by atoms with Crippen molar-refractivity contribution in [2.45, 2.75) is 6.54 Å². The van der Waals surface area contributed by atoms with Gasteiger partial charge in [0, 0.05) is 37.3 Å². The predicted molar refractivity (Wildman–Crippen MR) is 93.9 cm³/mol. The van der Waals surface area contributed by atoms with Gasteiger partial charge in [-0.3, -0.25) is 4.79 Å². The quantitative estimate of drug-likeness (QED) is 0.775. The van der Waals surface area contributed by atoms with Gasteiger partial charge in [-0.25, -0.2) is 9.18 Å². The van der Waals surface area contributed by atoms with Gasteiger partial charge in [0.2, 0.25) is 11.4 Å². The van der Waals surface area contributed by atoms with Crippen molar-refractivity contribution in [2.75, 3.05) is 37.8 Å². The molecule has 26 heavy (non-hydrogen) atoms. The van der Waals surface area contributed by atoms with Gasteiger partial charge in [-0.15, -0.1) is 12.4 Å². The summed E-state index contributed by atoms with van der Waals surface area (Å²) in [5, 5.41) is 19.7. The molecule has 10 heteroatoms. The van der Waals surface area contributed by atoms with Crippen molar-refractivity contribution in [3.05, 3.63) is 39.9 Å². The third-order valence-electron chi connectivity index (χ3n) is 4.33. The smallest absolute Gasteiger partial charge is 0.344 e. The van der Waals surface area contributed by atoms with Crippen LogP contribution in [0.15, 0.2) is 23.0 Å². The summed E-state index contributed by atoms with van der Waals surface area (Å²) in [6, 6.07) is 4.62. The number of benzene rings is 1. The van der Waals surface area contributed by atoms with Gasteiger partial charge in [0.1, 0.15) is 6.67 Å². The van der Waals surface area contributed by atoms with Crippen molar-refractivity contribution in [3.8, 4) is 0 Å². The highest BCUT2D eigenvalue weighted by Crippen LogP contribution is 2.23. The first-order valence-corrected chi connectivity index (χ1v) is 7.78. The van der Waals surface area contributed by atoms with Gasteiger partial charge in [0.05, 0.1) is 12.1 Å². The Bertz CT molecular complexity index is 882. The predicted octanol–water partition coefficient (Wildman–Crippen LogP) is 1.74. The van der Waals surface area contributed by atoms with Crippen molar-refractivity contribution in [2.24, 2.45) is 0 Å². The van der Waals surface area contributed by atoms with E-state index in [1.165, 1.54) is 11.1 Å². The Labute approximate surface area is 153 Å². The van der Waals surface area contributed by atoms with Gasteiger partial charge in [-0.05, 0) is 18.2 Å². The molecule has 0 spiro atoms.